The van der Waals surface area contributed by atoms with Crippen molar-refractivity contribution in [1.82, 2.24) is 4.90 Å². The zero-order valence-electron chi connectivity index (χ0n) is 15.0. The first-order chi connectivity index (χ1) is 12.6. The van der Waals surface area contributed by atoms with Crippen LogP contribution in [0.4, 0.5) is 14.5 Å². The highest BCUT2D eigenvalue weighted by Gasteiger charge is 2.29. The molecule has 1 fully saturated rings. The predicted molar refractivity (Wildman–Crippen MR) is 98.8 cm³/mol. The lowest BCUT2D eigenvalue weighted by molar-refractivity contribution is -0.124. The van der Waals surface area contributed by atoms with E-state index in [1.165, 1.54) is 18.2 Å². The van der Waals surface area contributed by atoms with Crippen LogP contribution in [0, 0.1) is 17.6 Å². The summed E-state index contributed by atoms with van der Waals surface area (Å²) >= 11 is 0. The first kappa shape index (κ1) is 18.5. The molecule has 0 aromatic heterocycles. The summed E-state index contributed by atoms with van der Waals surface area (Å²) in [4.78, 5) is 16.9. The number of likely N-dealkylation sites (tertiary alicyclic amines) is 1. The van der Waals surface area contributed by atoms with Gasteiger partial charge in [-0.1, -0.05) is 12.1 Å². The number of hydrogen-bond donors (Lipinski definition) is 0. The van der Waals surface area contributed by atoms with E-state index in [1.807, 2.05) is 13.0 Å². The SMILES string of the molecule is CCN(C(=O)C1CCCN(Cc2cccc(F)c2)C1)c1ccc(F)cc1. The second-order valence-electron chi connectivity index (χ2n) is 6.76. The molecule has 1 amide bonds. The summed E-state index contributed by atoms with van der Waals surface area (Å²) in [5.41, 5.74) is 1.64. The van der Waals surface area contributed by atoms with E-state index in [9.17, 15) is 13.6 Å². The quantitative estimate of drug-likeness (QED) is 0.799. The molecule has 2 aromatic rings. The van der Waals surface area contributed by atoms with E-state index in [0.717, 1.165) is 30.6 Å². The van der Waals surface area contributed by atoms with Crippen LogP contribution < -0.4 is 4.90 Å². The second kappa shape index (κ2) is 8.41. The van der Waals surface area contributed by atoms with E-state index in [1.54, 1.807) is 29.2 Å². The van der Waals surface area contributed by atoms with Crippen LogP contribution in [-0.2, 0) is 11.3 Å². The molecular formula is C21H24F2N2O. The standard InChI is InChI=1S/C21H24F2N2O/c1-2-25(20-10-8-18(22)9-11-20)21(26)17-6-4-12-24(15-17)14-16-5-3-7-19(23)13-16/h3,5,7-11,13,17H,2,4,6,12,14-15H2,1H3. The Morgan fingerprint density at radius 3 is 2.62 bits per heavy atom. The fourth-order valence-electron chi connectivity index (χ4n) is 3.60. The van der Waals surface area contributed by atoms with E-state index >= 15 is 0 Å². The maximum Gasteiger partial charge on any atom is 0.231 e. The number of anilines is 1. The van der Waals surface area contributed by atoms with E-state index in [4.69, 9.17) is 0 Å². The monoisotopic (exact) mass is 358 g/mol. The van der Waals surface area contributed by atoms with Gasteiger partial charge >= 0.3 is 0 Å². The summed E-state index contributed by atoms with van der Waals surface area (Å²) in [6.07, 6.45) is 1.78. The average Bonchev–Trinajstić information content (AvgIpc) is 2.64. The van der Waals surface area contributed by atoms with Crippen molar-refractivity contribution in [2.75, 3.05) is 24.5 Å². The predicted octanol–water partition coefficient (Wildman–Crippen LogP) is 4.23. The first-order valence-corrected chi connectivity index (χ1v) is 9.10. The highest BCUT2D eigenvalue weighted by Crippen LogP contribution is 2.24. The minimum Gasteiger partial charge on any atom is -0.312 e. The highest BCUT2D eigenvalue weighted by molar-refractivity contribution is 5.95. The Hall–Kier alpha value is -2.27. The van der Waals surface area contributed by atoms with Crippen molar-refractivity contribution >= 4 is 11.6 Å². The Labute approximate surface area is 153 Å². The fraction of sp³-hybridized carbons (Fsp3) is 0.381. The summed E-state index contributed by atoms with van der Waals surface area (Å²) in [5.74, 6) is -0.567. The molecule has 26 heavy (non-hydrogen) atoms. The van der Waals surface area contributed by atoms with Crippen LogP contribution in [0.25, 0.3) is 0 Å². The smallest absolute Gasteiger partial charge is 0.231 e. The zero-order chi connectivity index (χ0) is 18.5. The Morgan fingerprint density at radius 2 is 1.92 bits per heavy atom. The number of piperidine rings is 1. The topological polar surface area (TPSA) is 23.6 Å². The van der Waals surface area contributed by atoms with Gasteiger partial charge in [-0.05, 0) is 68.3 Å². The third-order valence-electron chi connectivity index (χ3n) is 4.87. The molecule has 5 heteroatoms. The molecule has 0 saturated carbocycles. The van der Waals surface area contributed by atoms with Crippen molar-refractivity contribution in [3.05, 3.63) is 65.7 Å². The van der Waals surface area contributed by atoms with Gasteiger partial charge in [-0.25, -0.2) is 8.78 Å². The Balaban J connectivity index is 1.67. The fourth-order valence-corrected chi connectivity index (χ4v) is 3.60. The number of carbonyl (C=O) groups excluding carboxylic acids is 1. The molecule has 0 bridgehead atoms. The molecule has 1 heterocycles. The van der Waals surface area contributed by atoms with E-state index in [0.29, 0.717) is 19.6 Å². The highest BCUT2D eigenvalue weighted by atomic mass is 19.1. The number of benzene rings is 2. The lowest BCUT2D eigenvalue weighted by Crippen LogP contribution is -2.44. The maximum atomic E-state index is 13.4. The van der Waals surface area contributed by atoms with Crippen molar-refractivity contribution in [2.45, 2.75) is 26.3 Å². The zero-order valence-corrected chi connectivity index (χ0v) is 15.0. The average molecular weight is 358 g/mol. The van der Waals surface area contributed by atoms with Crippen LogP contribution in [0.1, 0.15) is 25.3 Å². The normalized spacial score (nSPS) is 17.9. The van der Waals surface area contributed by atoms with Crippen LogP contribution in [0.5, 0.6) is 0 Å². The largest absolute Gasteiger partial charge is 0.312 e. The molecule has 1 aliphatic heterocycles. The molecule has 1 saturated heterocycles. The van der Waals surface area contributed by atoms with Gasteiger partial charge in [-0.3, -0.25) is 9.69 Å². The van der Waals surface area contributed by atoms with Gasteiger partial charge in [0.2, 0.25) is 5.91 Å². The second-order valence-corrected chi connectivity index (χ2v) is 6.76. The lowest BCUT2D eigenvalue weighted by Gasteiger charge is -2.34. The Morgan fingerprint density at radius 1 is 1.15 bits per heavy atom. The molecule has 0 N–H and O–H groups in total. The number of rotatable bonds is 5. The van der Waals surface area contributed by atoms with Gasteiger partial charge in [-0.2, -0.15) is 0 Å². The van der Waals surface area contributed by atoms with Crippen molar-refractivity contribution in [1.29, 1.82) is 0 Å². The van der Waals surface area contributed by atoms with Crippen molar-refractivity contribution in [3.8, 4) is 0 Å². The maximum absolute atomic E-state index is 13.4. The van der Waals surface area contributed by atoms with Crippen molar-refractivity contribution in [3.63, 3.8) is 0 Å². The molecule has 1 unspecified atom stereocenters. The van der Waals surface area contributed by atoms with Crippen LogP contribution >= 0.6 is 0 Å². The van der Waals surface area contributed by atoms with Crippen molar-refractivity contribution in [2.24, 2.45) is 5.92 Å². The van der Waals surface area contributed by atoms with Gasteiger partial charge < -0.3 is 4.90 Å². The van der Waals surface area contributed by atoms with E-state index in [2.05, 4.69) is 4.90 Å². The summed E-state index contributed by atoms with van der Waals surface area (Å²) in [7, 11) is 0. The Bertz CT molecular complexity index is 748. The summed E-state index contributed by atoms with van der Waals surface area (Å²) < 4.78 is 26.5. The molecule has 0 radical (unpaired) electrons. The van der Waals surface area contributed by atoms with Gasteiger partial charge in [0.1, 0.15) is 11.6 Å². The van der Waals surface area contributed by atoms with E-state index in [-0.39, 0.29) is 23.5 Å². The minimum absolute atomic E-state index is 0.0723. The minimum atomic E-state index is -0.309. The lowest BCUT2D eigenvalue weighted by atomic mass is 9.95. The van der Waals surface area contributed by atoms with E-state index < -0.39 is 0 Å². The number of amides is 1. The van der Waals surface area contributed by atoms with Gasteiger partial charge in [0, 0.05) is 25.3 Å². The number of nitrogens with zero attached hydrogens (tertiary/aromatic N) is 2. The molecule has 1 aliphatic rings. The summed E-state index contributed by atoms with van der Waals surface area (Å²) in [5, 5.41) is 0. The van der Waals surface area contributed by atoms with Crippen LogP contribution in [0.2, 0.25) is 0 Å². The molecule has 3 rings (SSSR count). The van der Waals surface area contributed by atoms with Crippen molar-refractivity contribution < 1.29 is 13.6 Å². The number of carbonyl (C=O) groups is 1. The first-order valence-electron chi connectivity index (χ1n) is 9.10. The molecule has 138 valence electrons. The van der Waals surface area contributed by atoms with Gasteiger partial charge in [0.15, 0.2) is 0 Å². The van der Waals surface area contributed by atoms with Crippen LogP contribution in [0.3, 0.4) is 0 Å². The Kier molecular flexibility index (Phi) is 5.99. The van der Waals surface area contributed by atoms with Gasteiger partial charge in [-0.15, -0.1) is 0 Å². The third kappa shape index (κ3) is 4.47. The molecular weight excluding hydrogens is 334 g/mol. The van der Waals surface area contributed by atoms with Gasteiger partial charge in [0.25, 0.3) is 0 Å². The number of hydrogen-bond acceptors (Lipinski definition) is 2. The number of halogens is 2. The molecule has 0 aliphatic carbocycles. The molecule has 3 nitrogen and oxygen atoms in total. The van der Waals surface area contributed by atoms with Crippen LogP contribution in [0.15, 0.2) is 48.5 Å². The third-order valence-corrected chi connectivity index (χ3v) is 4.87. The van der Waals surface area contributed by atoms with Gasteiger partial charge in [0.05, 0.1) is 5.92 Å². The molecule has 0 spiro atoms. The molecule has 1 atom stereocenters. The van der Waals surface area contributed by atoms with Crippen LogP contribution in [-0.4, -0.2) is 30.4 Å². The molecule has 2 aromatic carbocycles. The summed E-state index contributed by atoms with van der Waals surface area (Å²) in [6.45, 7) is 4.68. The summed E-state index contributed by atoms with van der Waals surface area (Å²) in [6, 6.07) is 12.6.